The molecule has 3 rings (SSSR count). The van der Waals surface area contributed by atoms with Gasteiger partial charge in [0.15, 0.2) is 0 Å². The monoisotopic (exact) mass is 300 g/mol. The van der Waals surface area contributed by atoms with Crippen LogP contribution < -0.4 is 4.90 Å². The van der Waals surface area contributed by atoms with Gasteiger partial charge in [-0.15, -0.1) is 0 Å². The molecule has 0 aromatic carbocycles. The van der Waals surface area contributed by atoms with Crippen molar-refractivity contribution >= 4 is 11.7 Å². The van der Waals surface area contributed by atoms with E-state index < -0.39 is 0 Å². The second kappa shape index (κ2) is 6.13. The van der Waals surface area contributed by atoms with Crippen LogP contribution in [0.15, 0.2) is 30.9 Å². The molecule has 0 saturated carbocycles. The molecule has 7 heteroatoms. The lowest BCUT2D eigenvalue weighted by molar-refractivity contribution is 0.0706. The molecule has 116 valence electrons. The smallest absolute Gasteiger partial charge is 0.274 e. The molecule has 0 radical (unpaired) electrons. The van der Waals surface area contributed by atoms with Crippen molar-refractivity contribution in [2.24, 2.45) is 7.05 Å². The van der Waals surface area contributed by atoms with Crippen molar-refractivity contribution in [1.29, 1.82) is 0 Å². The maximum absolute atomic E-state index is 12.4. The molecular weight excluding hydrogens is 280 g/mol. The SMILES string of the molecule is CN(c1ccncn1)C1CCN(C(=O)c2ccn(C)n2)CC1. The van der Waals surface area contributed by atoms with Crippen LogP contribution in [0.3, 0.4) is 0 Å². The van der Waals surface area contributed by atoms with Crippen LogP contribution in [-0.4, -0.2) is 56.7 Å². The number of amides is 1. The maximum atomic E-state index is 12.4. The van der Waals surface area contributed by atoms with Crippen LogP contribution in [-0.2, 0) is 7.05 Å². The van der Waals surface area contributed by atoms with Gasteiger partial charge in [0.05, 0.1) is 0 Å². The van der Waals surface area contributed by atoms with Gasteiger partial charge in [0.25, 0.3) is 5.91 Å². The Morgan fingerprint density at radius 1 is 1.32 bits per heavy atom. The number of aryl methyl sites for hydroxylation is 1. The van der Waals surface area contributed by atoms with E-state index in [1.54, 1.807) is 29.5 Å². The molecule has 1 saturated heterocycles. The molecule has 2 aromatic rings. The summed E-state index contributed by atoms with van der Waals surface area (Å²) in [6, 6.07) is 4.06. The van der Waals surface area contributed by atoms with Gasteiger partial charge in [-0.1, -0.05) is 0 Å². The highest BCUT2D eigenvalue weighted by atomic mass is 16.2. The Balaban J connectivity index is 1.59. The lowest BCUT2D eigenvalue weighted by atomic mass is 10.0. The average Bonchev–Trinajstić information content (AvgIpc) is 3.01. The van der Waals surface area contributed by atoms with Crippen LogP contribution in [0.25, 0.3) is 0 Å². The number of piperidine rings is 1. The summed E-state index contributed by atoms with van der Waals surface area (Å²) in [6.45, 7) is 1.49. The Bertz CT molecular complexity index is 632. The second-order valence-corrected chi connectivity index (χ2v) is 5.58. The number of likely N-dealkylation sites (tertiary alicyclic amines) is 1. The minimum absolute atomic E-state index is 0.0174. The van der Waals surface area contributed by atoms with E-state index in [4.69, 9.17) is 0 Å². The fourth-order valence-electron chi connectivity index (χ4n) is 2.83. The van der Waals surface area contributed by atoms with Crippen molar-refractivity contribution in [2.45, 2.75) is 18.9 Å². The van der Waals surface area contributed by atoms with Gasteiger partial charge in [0, 0.05) is 45.6 Å². The van der Waals surface area contributed by atoms with Gasteiger partial charge in [-0.2, -0.15) is 5.10 Å². The number of hydrogen-bond acceptors (Lipinski definition) is 5. The molecular formula is C15H20N6O. The van der Waals surface area contributed by atoms with Crippen molar-refractivity contribution < 1.29 is 4.79 Å². The fraction of sp³-hybridized carbons (Fsp3) is 0.467. The molecule has 0 atom stereocenters. The molecule has 0 aliphatic carbocycles. The summed E-state index contributed by atoms with van der Waals surface area (Å²) >= 11 is 0. The standard InChI is InChI=1S/C15H20N6O/c1-19-8-6-13(18-19)15(22)21-9-4-12(5-10-21)20(2)14-3-7-16-11-17-14/h3,6-8,11-12H,4-5,9-10H2,1-2H3. The van der Waals surface area contributed by atoms with Crippen LogP contribution in [0.1, 0.15) is 23.3 Å². The zero-order valence-electron chi connectivity index (χ0n) is 12.9. The summed E-state index contributed by atoms with van der Waals surface area (Å²) in [7, 11) is 3.86. The number of anilines is 1. The van der Waals surface area contributed by atoms with Gasteiger partial charge in [0.2, 0.25) is 0 Å². The van der Waals surface area contributed by atoms with Crippen molar-refractivity contribution in [3.05, 3.63) is 36.5 Å². The molecule has 1 amide bonds. The van der Waals surface area contributed by atoms with E-state index in [9.17, 15) is 4.79 Å². The van der Waals surface area contributed by atoms with Gasteiger partial charge < -0.3 is 9.80 Å². The molecule has 7 nitrogen and oxygen atoms in total. The minimum Gasteiger partial charge on any atom is -0.356 e. The summed E-state index contributed by atoms with van der Waals surface area (Å²) < 4.78 is 1.66. The molecule has 0 bridgehead atoms. The third kappa shape index (κ3) is 2.93. The van der Waals surface area contributed by atoms with Crippen LogP contribution in [0.4, 0.5) is 5.82 Å². The molecule has 0 spiro atoms. The Hall–Kier alpha value is -2.44. The van der Waals surface area contributed by atoms with E-state index in [0.29, 0.717) is 11.7 Å². The molecule has 22 heavy (non-hydrogen) atoms. The summed E-state index contributed by atoms with van der Waals surface area (Å²) in [6.07, 6.45) is 6.96. The highest BCUT2D eigenvalue weighted by Crippen LogP contribution is 2.20. The second-order valence-electron chi connectivity index (χ2n) is 5.58. The van der Waals surface area contributed by atoms with E-state index in [-0.39, 0.29) is 5.91 Å². The van der Waals surface area contributed by atoms with E-state index in [2.05, 4.69) is 20.0 Å². The Labute approximate surface area is 129 Å². The number of nitrogens with zero attached hydrogens (tertiary/aromatic N) is 6. The normalized spacial score (nSPS) is 15.8. The van der Waals surface area contributed by atoms with Crippen molar-refractivity contribution in [3.8, 4) is 0 Å². The first-order valence-corrected chi connectivity index (χ1v) is 7.43. The molecule has 1 fully saturated rings. The number of rotatable bonds is 3. The van der Waals surface area contributed by atoms with E-state index in [0.717, 1.165) is 31.7 Å². The van der Waals surface area contributed by atoms with Crippen LogP contribution >= 0.6 is 0 Å². The first-order valence-electron chi connectivity index (χ1n) is 7.43. The predicted molar refractivity (Wildman–Crippen MR) is 82.6 cm³/mol. The van der Waals surface area contributed by atoms with E-state index in [1.807, 2.05) is 25.1 Å². The lowest BCUT2D eigenvalue weighted by Gasteiger charge is -2.37. The van der Waals surface area contributed by atoms with Gasteiger partial charge in [-0.3, -0.25) is 9.48 Å². The van der Waals surface area contributed by atoms with Gasteiger partial charge in [-0.05, 0) is 25.0 Å². The number of carbonyl (C=O) groups is 1. The van der Waals surface area contributed by atoms with Crippen LogP contribution in [0, 0.1) is 0 Å². The molecule has 3 heterocycles. The van der Waals surface area contributed by atoms with Gasteiger partial charge in [-0.25, -0.2) is 9.97 Å². The summed E-state index contributed by atoms with van der Waals surface area (Å²) in [5.41, 5.74) is 0.519. The molecule has 1 aliphatic heterocycles. The van der Waals surface area contributed by atoms with Crippen LogP contribution in [0.2, 0.25) is 0 Å². The first kappa shape index (κ1) is 14.5. The highest BCUT2D eigenvalue weighted by Gasteiger charge is 2.27. The zero-order valence-corrected chi connectivity index (χ0v) is 12.9. The topological polar surface area (TPSA) is 67.2 Å². The van der Waals surface area contributed by atoms with Crippen molar-refractivity contribution in [3.63, 3.8) is 0 Å². The first-order chi connectivity index (χ1) is 10.6. The quantitative estimate of drug-likeness (QED) is 0.844. The van der Waals surface area contributed by atoms with Crippen molar-refractivity contribution in [1.82, 2.24) is 24.6 Å². The average molecular weight is 300 g/mol. The predicted octanol–water partition coefficient (Wildman–Crippen LogP) is 0.951. The van der Waals surface area contributed by atoms with Gasteiger partial charge in [0.1, 0.15) is 17.8 Å². The third-order valence-electron chi connectivity index (χ3n) is 4.16. The number of aromatic nitrogens is 4. The number of carbonyl (C=O) groups excluding carboxylic acids is 1. The fourth-order valence-corrected chi connectivity index (χ4v) is 2.83. The molecule has 2 aromatic heterocycles. The maximum Gasteiger partial charge on any atom is 0.274 e. The van der Waals surface area contributed by atoms with Crippen molar-refractivity contribution in [2.75, 3.05) is 25.0 Å². The third-order valence-corrected chi connectivity index (χ3v) is 4.16. The highest BCUT2D eigenvalue weighted by molar-refractivity contribution is 5.92. The minimum atomic E-state index is 0.0174. The van der Waals surface area contributed by atoms with E-state index in [1.165, 1.54) is 0 Å². The summed E-state index contributed by atoms with van der Waals surface area (Å²) in [5, 5.41) is 4.19. The van der Waals surface area contributed by atoms with Crippen LogP contribution in [0.5, 0.6) is 0 Å². The Morgan fingerprint density at radius 2 is 2.09 bits per heavy atom. The molecule has 0 N–H and O–H groups in total. The number of hydrogen-bond donors (Lipinski definition) is 0. The van der Waals surface area contributed by atoms with Gasteiger partial charge >= 0.3 is 0 Å². The summed E-state index contributed by atoms with van der Waals surface area (Å²) in [4.78, 5) is 24.7. The zero-order chi connectivity index (χ0) is 15.5. The Morgan fingerprint density at radius 3 is 2.68 bits per heavy atom. The molecule has 0 unspecified atom stereocenters. The Kier molecular flexibility index (Phi) is 4.04. The van der Waals surface area contributed by atoms with E-state index >= 15 is 0 Å². The summed E-state index contributed by atoms with van der Waals surface area (Å²) in [5.74, 6) is 0.938. The largest absolute Gasteiger partial charge is 0.356 e. The molecule has 1 aliphatic rings. The lowest BCUT2D eigenvalue weighted by Crippen LogP contribution is -2.46.